The van der Waals surface area contributed by atoms with Crippen molar-refractivity contribution in [3.63, 3.8) is 0 Å². The molecule has 0 saturated carbocycles. The number of halogens is 1. The van der Waals surface area contributed by atoms with Crippen molar-refractivity contribution in [3.8, 4) is 0 Å². The summed E-state index contributed by atoms with van der Waals surface area (Å²) >= 11 is 3.50. The van der Waals surface area contributed by atoms with E-state index in [0.29, 0.717) is 18.0 Å². The van der Waals surface area contributed by atoms with Crippen molar-refractivity contribution in [3.05, 3.63) is 34.3 Å². The van der Waals surface area contributed by atoms with Crippen LogP contribution in [0.25, 0.3) is 0 Å². The molecule has 0 bridgehead atoms. The molecule has 1 heterocycles. The van der Waals surface area contributed by atoms with Crippen LogP contribution in [0.5, 0.6) is 0 Å². The lowest BCUT2D eigenvalue weighted by atomic mass is 9.92. The molecule has 1 aromatic carbocycles. The molecular weight excluding hydrogens is 240 g/mol. The van der Waals surface area contributed by atoms with Gasteiger partial charge in [-0.2, -0.15) is 0 Å². The van der Waals surface area contributed by atoms with Crippen LogP contribution in [0.2, 0.25) is 0 Å². The fourth-order valence-electron chi connectivity index (χ4n) is 1.86. The number of rotatable bonds is 1. The topological polar surface area (TPSA) is 24.1 Å². The molecule has 2 rings (SSSR count). The van der Waals surface area contributed by atoms with Gasteiger partial charge >= 0.3 is 0 Å². The van der Waals surface area contributed by atoms with Gasteiger partial charge in [-0.15, -0.1) is 0 Å². The van der Waals surface area contributed by atoms with E-state index in [1.54, 1.807) is 0 Å². The molecule has 14 heavy (non-hydrogen) atoms. The lowest BCUT2D eigenvalue weighted by Crippen LogP contribution is -2.29. The number of hydrazine groups is 1. The van der Waals surface area contributed by atoms with Crippen LogP contribution in [0.4, 0.5) is 0 Å². The first-order valence-electron chi connectivity index (χ1n) is 4.95. The minimum Gasteiger partial charge on any atom is -0.254 e. The summed E-state index contributed by atoms with van der Waals surface area (Å²) in [6.45, 7) is 4.47. The molecule has 2 nitrogen and oxygen atoms in total. The maximum Gasteiger partial charge on any atom is 0.0503 e. The SMILES string of the molecule is CC1NNC(c2cccc(Br)c2)C1C. The maximum absolute atomic E-state index is 3.50. The van der Waals surface area contributed by atoms with E-state index in [9.17, 15) is 0 Å². The normalized spacial score (nSPS) is 32.1. The van der Waals surface area contributed by atoms with Crippen molar-refractivity contribution in [2.24, 2.45) is 5.92 Å². The van der Waals surface area contributed by atoms with Gasteiger partial charge in [0.1, 0.15) is 0 Å². The summed E-state index contributed by atoms with van der Waals surface area (Å²) in [6, 6.07) is 9.42. The molecule has 1 fully saturated rings. The van der Waals surface area contributed by atoms with E-state index in [4.69, 9.17) is 0 Å². The van der Waals surface area contributed by atoms with E-state index in [1.165, 1.54) is 5.56 Å². The number of hydrogen-bond donors (Lipinski definition) is 2. The monoisotopic (exact) mass is 254 g/mol. The first kappa shape index (κ1) is 10.1. The summed E-state index contributed by atoms with van der Waals surface area (Å²) in [6.07, 6.45) is 0. The first-order valence-corrected chi connectivity index (χ1v) is 5.74. The Balaban J connectivity index is 2.23. The van der Waals surface area contributed by atoms with Gasteiger partial charge in [0.05, 0.1) is 6.04 Å². The molecule has 0 spiro atoms. The molecule has 0 radical (unpaired) electrons. The van der Waals surface area contributed by atoms with Crippen LogP contribution in [0.3, 0.4) is 0 Å². The molecule has 3 heteroatoms. The van der Waals surface area contributed by atoms with Crippen molar-refractivity contribution in [2.45, 2.75) is 25.9 Å². The van der Waals surface area contributed by atoms with Gasteiger partial charge in [0.25, 0.3) is 0 Å². The Kier molecular flexibility index (Phi) is 2.91. The smallest absolute Gasteiger partial charge is 0.0503 e. The van der Waals surface area contributed by atoms with E-state index in [2.05, 4.69) is 64.9 Å². The van der Waals surface area contributed by atoms with Gasteiger partial charge in [0.15, 0.2) is 0 Å². The van der Waals surface area contributed by atoms with Crippen LogP contribution >= 0.6 is 15.9 Å². The molecular formula is C11H15BrN2. The minimum atomic E-state index is 0.419. The van der Waals surface area contributed by atoms with Crippen LogP contribution < -0.4 is 10.9 Å². The zero-order valence-corrected chi connectivity index (χ0v) is 10.0. The summed E-state index contributed by atoms with van der Waals surface area (Å²) in [5, 5.41) is 0. The Bertz CT molecular complexity index is 327. The fraction of sp³-hybridized carbons (Fsp3) is 0.455. The van der Waals surface area contributed by atoms with Gasteiger partial charge in [0, 0.05) is 10.5 Å². The second-order valence-corrected chi connectivity index (χ2v) is 4.88. The van der Waals surface area contributed by atoms with E-state index >= 15 is 0 Å². The van der Waals surface area contributed by atoms with Crippen molar-refractivity contribution < 1.29 is 0 Å². The van der Waals surface area contributed by atoms with Crippen molar-refractivity contribution >= 4 is 15.9 Å². The lowest BCUT2D eigenvalue weighted by Gasteiger charge is -2.16. The third-order valence-corrected chi connectivity index (χ3v) is 3.48. The number of hydrogen-bond acceptors (Lipinski definition) is 2. The predicted octanol–water partition coefficient (Wildman–Crippen LogP) is 2.62. The van der Waals surface area contributed by atoms with E-state index in [1.807, 2.05) is 0 Å². The van der Waals surface area contributed by atoms with Gasteiger partial charge < -0.3 is 0 Å². The van der Waals surface area contributed by atoms with Crippen molar-refractivity contribution in [1.29, 1.82) is 0 Å². The van der Waals surface area contributed by atoms with Crippen molar-refractivity contribution in [1.82, 2.24) is 10.9 Å². The van der Waals surface area contributed by atoms with Crippen LogP contribution in [-0.2, 0) is 0 Å². The Hall–Kier alpha value is -0.380. The average Bonchev–Trinajstić information content (AvgIpc) is 2.48. The van der Waals surface area contributed by atoms with Crippen LogP contribution in [0, 0.1) is 5.92 Å². The quantitative estimate of drug-likeness (QED) is 0.806. The molecule has 0 amide bonds. The Labute approximate surface area is 93.2 Å². The first-order chi connectivity index (χ1) is 6.68. The standard InChI is InChI=1S/C11H15BrN2/c1-7-8(2)13-14-11(7)9-4-3-5-10(12)6-9/h3-8,11,13-14H,1-2H3. The zero-order chi connectivity index (χ0) is 10.1. The van der Waals surface area contributed by atoms with Gasteiger partial charge in [-0.25, -0.2) is 5.43 Å². The molecule has 1 aromatic rings. The molecule has 2 N–H and O–H groups in total. The van der Waals surface area contributed by atoms with E-state index < -0.39 is 0 Å². The maximum atomic E-state index is 3.50. The second-order valence-electron chi connectivity index (χ2n) is 3.97. The Morgan fingerprint density at radius 3 is 2.57 bits per heavy atom. The minimum absolute atomic E-state index is 0.419. The number of benzene rings is 1. The van der Waals surface area contributed by atoms with Crippen LogP contribution in [-0.4, -0.2) is 6.04 Å². The zero-order valence-electron chi connectivity index (χ0n) is 8.42. The van der Waals surface area contributed by atoms with E-state index in [0.717, 1.165) is 4.47 Å². The Morgan fingerprint density at radius 2 is 2.00 bits per heavy atom. The molecule has 0 aromatic heterocycles. The molecule has 76 valence electrons. The molecule has 1 aliphatic rings. The fourth-order valence-corrected chi connectivity index (χ4v) is 2.28. The van der Waals surface area contributed by atoms with E-state index in [-0.39, 0.29) is 0 Å². The molecule has 1 saturated heterocycles. The largest absolute Gasteiger partial charge is 0.254 e. The summed E-state index contributed by atoms with van der Waals surface area (Å²) in [7, 11) is 0. The molecule has 3 unspecified atom stereocenters. The highest BCUT2D eigenvalue weighted by Crippen LogP contribution is 2.29. The molecule has 1 aliphatic heterocycles. The van der Waals surface area contributed by atoms with Gasteiger partial charge in [-0.05, 0) is 30.5 Å². The highest BCUT2D eigenvalue weighted by Gasteiger charge is 2.29. The summed E-state index contributed by atoms with van der Waals surface area (Å²) in [5.41, 5.74) is 7.94. The number of nitrogens with one attached hydrogen (secondary N) is 2. The van der Waals surface area contributed by atoms with Crippen LogP contribution in [0.1, 0.15) is 25.5 Å². The highest BCUT2D eigenvalue weighted by atomic mass is 79.9. The summed E-state index contributed by atoms with van der Waals surface area (Å²) in [5.74, 6) is 0.615. The summed E-state index contributed by atoms with van der Waals surface area (Å²) in [4.78, 5) is 0. The molecule has 0 aliphatic carbocycles. The highest BCUT2D eigenvalue weighted by molar-refractivity contribution is 9.10. The van der Waals surface area contributed by atoms with Crippen LogP contribution in [0.15, 0.2) is 28.7 Å². The third-order valence-electron chi connectivity index (χ3n) is 2.99. The van der Waals surface area contributed by atoms with Gasteiger partial charge in [-0.3, -0.25) is 5.43 Å². The van der Waals surface area contributed by atoms with Gasteiger partial charge in [-0.1, -0.05) is 35.0 Å². The Morgan fingerprint density at radius 1 is 1.21 bits per heavy atom. The predicted molar refractivity (Wildman–Crippen MR) is 61.8 cm³/mol. The lowest BCUT2D eigenvalue weighted by molar-refractivity contribution is 0.475. The second kappa shape index (κ2) is 4.01. The average molecular weight is 255 g/mol. The summed E-state index contributed by atoms with van der Waals surface area (Å²) < 4.78 is 1.14. The molecule has 3 atom stereocenters. The third kappa shape index (κ3) is 1.85. The van der Waals surface area contributed by atoms with Gasteiger partial charge in [0.2, 0.25) is 0 Å². The van der Waals surface area contributed by atoms with Crippen molar-refractivity contribution in [2.75, 3.05) is 0 Å².